The third-order valence-corrected chi connectivity index (χ3v) is 5.72. The van der Waals surface area contributed by atoms with Crippen LogP contribution in [-0.4, -0.2) is 37.0 Å². The van der Waals surface area contributed by atoms with Crippen LogP contribution in [0.5, 0.6) is 5.75 Å². The van der Waals surface area contributed by atoms with E-state index in [4.69, 9.17) is 4.74 Å². The lowest BCUT2D eigenvalue weighted by Crippen LogP contribution is -2.35. The SMILES string of the molecule is CCOc1cccc(C(=O)N2C[C@@H]3CNC[C@@H]3[C@@H]2c2ccccc2C)c1. The molecule has 2 aliphatic rings. The van der Waals surface area contributed by atoms with Gasteiger partial charge in [-0.3, -0.25) is 4.79 Å². The van der Waals surface area contributed by atoms with Gasteiger partial charge in [0, 0.05) is 31.1 Å². The maximum Gasteiger partial charge on any atom is 0.254 e. The molecule has 1 amide bonds. The monoisotopic (exact) mass is 350 g/mol. The Morgan fingerprint density at radius 2 is 2.04 bits per heavy atom. The van der Waals surface area contributed by atoms with Gasteiger partial charge in [0.15, 0.2) is 0 Å². The minimum absolute atomic E-state index is 0.106. The highest BCUT2D eigenvalue weighted by Gasteiger charge is 2.47. The van der Waals surface area contributed by atoms with Crippen molar-refractivity contribution in [3.63, 3.8) is 0 Å². The molecule has 4 rings (SSSR count). The van der Waals surface area contributed by atoms with Gasteiger partial charge in [-0.05, 0) is 49.1 Å². The van der Waals surface area contributed by atoms with Crippen molar-refractivity contribution in [3.05, 3.63) is 65.2 Å². The molecule has 2 fully saturated rings. The molecule has 3 atom stereocenters. The number of fused-ring (bicyclic) bond motifs is 1. The Morgan fingerprint density at radius 1 is 1.19 bits per heavy atom. The number of benzene rings is 2. The molecular weight excluding hydrogens is 324 g/mol. The molecule has 2 aliphatic heterocycles. The Hall–Kier alpha value is -2.33. The Morgan fingerprint density at radius 3 is 2.85 bits per heavy atom. The number of hydrogen-bond acceptors (Lipinski definition) is 3. The standard InChI is InChI=1S/C22H26N2O2/c1-3-26-18-9-6-8-16(11-18)22(25)24-14-17-12-23-13-20(17)21(24)19-10-5-4-7-15(19)2/h4-11,17,20-21,23H,3,12-14H2,1-2H3/t17-,20-,21-/m0/s1. The van der Waals surface area contributed by atoms with Crippen LogP contribution < -0.4 is 10.1 Å². The number of aryl methyl sites for hydroxylation is 1. The summed E-state index contributed by atoms with van der Waals surface area (Å²) in [7, 11) is 0. The van der Waals surface area contributed by atoms with Gasteiger partial charge in [0.05, 0.1) is 12.6 Å². The van der Waals surface area contributed by atoms with Crippen molar-refractivity contribution in [1.82, 2.24) is 10.2 Å². The molecule has 1 N–H and O–H groups in total. The van der Waals surface area contributed by atoms with Gasteiger partial charge in [0.2, 0.25) is 0 Å². The van der Waals surface area contributed by atoms with Gasteiger partial charge in [-0.1, -0.05) is 30.3 Å². The van der Waals surface area contributed by atoms with Crippen molar-refractivity contribution in [2.24, 2.45) is 11.8 Å². The fourth-order valence-electron chi connectivity index (χ4n) is 4.50. The van der Waals surface area contributed by atoms with E-state index in [-0.39, 0.29) is 11.9 Å². The first-order valence-electron chi connectivity index (χ1n) is 9.49. The minimum Gasteiger partial charge on any atom is -0.494 e. The van der Waals surface area contributed by atoms with Crippen molar-refractivity contribution >= 4 is 5.91 Å². The number of nitrogens with zero attached hydrogens (tertiary/aromatic N) is 1. The summed E-state index contributed by atoms with van der Waals surface area (Å²) in [6.45, 7) is 7.49. The summed E-state index contributed by atoms with van der Waals surface area (Å²) in [5.74, 6) is 1.87. The number of rotatable bonds is 4. The van der Waals surface area contributed by atoms with Crippen LogP contribution in [0.15, 0.2) is 48.5 Å². The molecule has 4 heteroatoms. The van der Waals surface area contributed by atoms with Crippen LogP contribution in [0.25, 0.3) is 0 Å². The first-order chi connectivity index (χ1) is 12.7. The molecule has 0 aromatic heterocycles. The molecule has 136 valence electrons. The highest BCUT2D eigenvalue weighted by Crippen LogP contribution is 2.44. The molecule has 0 aliphatic carbocycles. The minimum atomic E-state index is 0.106. The smallest absolute Gasteiger partial charge is 0.254 e. The molecule has 2 aromatic rings. The Balaban J connectivity index is 1.69. The summed E-state index contributed by atoms with van der Waals surface area (Å²) in [6.07, 6.45) is 0. The predicted octanol–water partition coefficient (Wildman–Crippen LogP) is 3.43. The third-order valence-electron chi connectivity index (χ3n) is 5.72. The lowest BCUT2D eigenvalue weighted by atomic mass is 9.87. The number of ether oxygens (including phenoxy) is 1. The number of carbonyl (C=O) groups excluding carboxylic acids is 1. The van der Waals surface area contributed by atoms with Gasteiger partial charge in [0.1, 0.15) is 5.75 Å². The van der Waals surface area contributed by atoms with Crippen LogP contribution in [-0.2, 0) is 0 Å². The van der Waals surface area contributed by atoms with E-state index in [0.717, 1.165) is 25.4 Å². The summed E-state index contributed by atoms with van der Waals surface area (Å²) in [5.41, 5.74) is 3.24. The molecule has 0 spiro atoms. The van der Waals surface area contributed by atoms with E-state index in [0.29, 0.717) is 24.0 Å². The lowest BCUT2D eigenvalue weighted by Gasteiger charge is -2.29. The van der Waals surface area contributed by atoms with E-state index in [1.807, 2.05) is 31.2 Å². The number of likely N-dealkylation sites (tertiary alicyclic amines) is 1. The van der Waals surface area contributed by atoms with E-state index in [9.17, 15) is 4.79 Å². The summed E-state index contributed by atoms with van der Waals surface area (Å²) in [4.78, 5) is 15.5. The zero-order chi connectivity index (χ0) is 18.1. The lowest BCUT2D eigenvalue weighted by molar-refractivity contribution is 0.0713. The molecule has 26 heavy (non-hydrogen) atoms. The van der Waals surface area contributed by atoms with Gasteiger partial charge >= 0.3 is 0 Å². The van der Waals surface area contributed by atoms with Gasteiger partial charge < -0.3 is 15.0 Å². The van der Waals surface area contributed by atoms with Gasteiger partial charge in [0.25, 0.3) is 5.91 Å². The summed E-state index contributed by atoms with van der Waals surface area (Å²) in [6, 6.07) is 16.2. The first-order valence-corrected chi connectivity index (χ1v) is 9.49. The second-order valence-corrected chi connectivity index (χ2v) is 7.30. The fraction of sp³-hybridized carbons (Fsp3) is 0.409. The fourth-order valence-corrected chi connectivity index (χ4v) is 4.50. The Labute approximate surface area is 155 Å². The van der Waals surface area contributed by atoms with Crippen LogP contribution in [0.2, 0.25) is 0 Å². The van der Waals surface area contributed by atoms with Crippen LogP contribution >= 0.6 is 0 Å². The molecular formula is C22H26N2O2. The maximum atomic E-state index is 13.4. The highest BCUT2D eigenvalue weighted by molar-refractivity contribution is 5.95. The van der Waals surface area contributed by atoms with Gasteiger partial charge in [-0.15, -0.1) is 0 Å². The number of carbonyl (C=O) groups is 1. The van der Waals surface area contributed by atoms with E-state index in [1.165, 1.54) is 11.1 Å². The summed E-state index contributed by atoms with van der Waals surface area (Å²) in [5, 5.41) is 3.51. The van der Waals surface area contributed by atoms with Crippen LogP contribution in [0.3, 0.4) is 0 Å². The van der Waals surface area contributed by atoms with Crippen molar-refractivity contribution in [1.29, 1.82) is 0 Å². The largest absolute Gasteiger partial charge is 0.494 e. The third kappa shape index (κ3) is 2.99. The molecule has 2 aromatic carbocycles. The Kier molecular flexibility index (Phi) is 4.68. The van der Waals surface area contributed by atoms with E-state index < -0.39 is 0 Å². The normalized spacial score (nSPS) is 24.5. The van der Waals surface area contributed by atoms with Crippen molar-refractivity contribution in [2.45, 2.75) is 19.9 Å². The molecule has 0 bridgehead atoms. The zero-order valence-corrected chi connectivity index (χ0v) is 15.4. The molecule has 0 saturated carbocycles. The van der Waals surface area contributed by atoms with E-state index >= 15 is 0 Å². The Bertz CT molecular complexity index is 804. The second kappa shape index (κ2) is 7.12. The topological polar surface area (TPSA) is 41.6 Å². The van der Waals surface area contributed by atoms with Crippen LogP contribution in [0.4, 0.5) is 0 Å². The molecule has 0 unspecified atom stereocenters. The number of hydrogen-bond donors (Lipinski definition) is 1. The molecule has 2 heterocycles. The summed E-state index contributed by atoms with van der Waals surface area (Å²) < 4.78 is 5.58. The average molecular weight is 350 g/mol. The highest BCUT2D eigenvalue weighted by atomic mass is 16.5. The van der Waals surface area contributed by atoms with Crippen LogP contribution in [0.1, 0.15) is 34.5 Å². The van der Waals surface area contributed by atoms with Crippen molar-refractivity contribution in [3.8, 4) is 5.75 Å². The molecule has 2 saturated heterocycles. The zero-order valence-electron chi connectivity index (χ0n) is 15.4. The van der Waals surface area contributed by atoms with Gasteiger partial charge in [-0.25, -0.2) is 0 Å². The van der Waals surface area contributed by atoms with Crippen LogP contribution in [0, 0.1) is 18.8 Å². The first kappa shape index (κ1) is 17.1. The number of amides is 1. The van der Waals surface area contributed by atoms with E-state index in [1.54, 1.807) is 0 Å². The van der Waals surface area contributed by atoms with Crippen molar-refractivity contribution < 1.29 is 9.53 Å². The summed E-state index contributed by atoms with van der Waals surface area (Å²) >= 11 is 0. The molecule has 4 nitrogen and oxygen atoms in total. The van der Waals surface area contributed by atoms with Gasteiger partial charge in [-0.2, -0.15) is 0 Å². The predicted molar refractivity (Wildman–Crippen MR) is 102 cm³/mol. The second-order valence-electron chi connectivity index (χ2n) is 7.30. The maximum absolute atomic E-state index is 13.4. The molecule has 0 radical (unpaired) electrons. The average Bonchev–Trinajstić information content (AvgIpc) is 3.23. The number of nitrogens with one attached hydrogen (secondary N) is 1. The van der Waals surface area contributed by atoms with Crippen molar-refractivity contribution in [2.75, 3.05) is 26.2 Å². The quantitative estimate of drug-likeness (QED) is 0.919. The van der Waals surface area contributed by atoms with E-state index in [2.05, 4.69) is 41.4 Å².